The number of benzene rings is 1. The Kier molecular flexibility index (Phi) is 2.81. The van der Waals surface area contributed by atoms with Gasteiger partial charge in [0.1, 0.15) is 5.82 Å². The third kappa shape index (κ3) is 2.23. The zero-order valence-electron chi connectivity index (χ0n) is 10.7. The Morgan fingerprint density at radius 2 is 2.26 bits per heavy atom. The standard InChI is InChI=1S/C15H16FNO2/c1-8-6-12-13(17-8)5-4-10(15(12)16)11(7-14(18)19)9-2-3-9/h4-6,9,11,17H,2-3,7H2,1H3,(H,18,19). The van der Waals surface area contributed by atoms with Gasteiger partial charge in [-0.3, -0.25) is 4.79 Å². The van der Waals surface area contributed by atoms with Crippen LogP contribution in [0.5, 0.6) is 0 Å². The second-order valence-electron chi connectivity index (χ2n) is 5.42. The van der Waals surface area contributed by atoms with E-state index in [2.05, 4.69) is 4.98 Å². The van der Waals surface area contributed by atoms with Gasteiger partial charge in [-0.25, -0.2) is 4.39 Å². The van der Waals surface area contributed by atoms with E-state index in [0.29, 0.717) is 16.9 Å². The van der Waals surface area contributed by atoms with Gasteiger partial charge in [0.2, 0.25) is 0 Å². The summed E-state index contributed by atoms with van der Waals surface area (Å²) in [5, 5.41) is 9.56. The van der Waals surface area contributed by atoms with E-state index in [1.54, 1.807) is 12.1 Å². The molecule has 3 nitrogen and oxygen atoms in total. The number of hydrogen-bond donors (Lipinski definition) is 2. The molecule has 1 heterocycles. The van der Waals surface area contributed by atoms with Gasteiger partial charge in [0.05, 0.1) is 6.42 Å². The first kappa shape index (κ1) is 12.2. The number of H-pyrrole nitrogens is 1. The SMILES string of the molecule is Cc1cc2c(F)c(C(CC(=O)O)C3CC3)ccc2[nH]1. The second-order valence-corrected chi connectivity index (χ2v) is 5.42. The van der Waals surface area contributed by atoms with Crippen molar-refractivity contribution < 1.29 is 14.3 Å². The van der Waals surface area contributed by atoms with Gasteiger partial charge in [-0.2, -0.15) is 0 Å². The summed E-state index contributed by atoms with van der Waals surface area (Å²) in [5.41, 5.74) is 2.23. The van der Waals surface area contributed by atoms with E-state index < -0.39 is 5.97 Å². The molecule has 0 saturated heterocycles. The van der Waals surface area contributed by atoms with Crippen LogP contribution in [0.1, 0.15) is 36.4 Å². The van der Waals surface area contributed by atoms with Crippen LogP contribution in [0.2, 0.25) is 0 Å². The van der Waals surface area contributed by atoms with Gasteiger partial charge >= 0.3 is 5.97 Å². The fourth-order valence-electron chi connectivity index (χ4n) is 2.83. The van der Waals surface area contributed by atoms with Crippen molar-refractivity contribution in [2.45, 2.75) is 32.1 Å². The van der Waals surface area contributed by atoms with Crippen LogP contribution in [0, 0.1) is 18.7 Å². The first-order valence-electron chi connectivity index (χ1n) is 6.56. The molecule has 1 saturated carbocycles. The first-order valence-corrected chi connectivity index (χ1v) is 6.56. The van der Waals surface area contributed by atoms with Crippen molar-refractivity contribution in [2.24, 2.45) is 5.92 Å². The molecular weight excluding hydrogens is 245 g/mol. The van der Waals surface area contributed by atoms with Gasteiger partial charge in [-0.05, 0) is 43.4 Å². The molecule has 1 aromatic carbocycles. The normalized spacial score (nSPS) is 16.7. The number of aromatic amines is 1. The lowest BCUT2D eigenvalue weighted by molar-refractivity contribution is -0.137. The number of aryl methyl sites for hydroxylation is 1. The van der Waals surface area contributed by atoms with Crippen molar-refractivity contribution in [1.82, 2.24) is 4.98 Å². The number of hydrogen-bond acceptors (Lipinski definition) is 1. The monoisotopic (exact) mass is 261 g/mol. The number of aliphatic carboxylic acids is 1. The Balaban J connectivity index is 2.06. The molecule has 0 spiro atoms. The third-order valence-corrected chi connectivity index (χ3v) is 3.89. The summed E-state index contributed by atoms with van der Waals surface area (Å²) in [5.74, 6) is -0.998. The van der Waals surface area contributed by atoms with Crippen molar-refractivity contribution in [3.8, 4) is 0 Å². The van der Waals surface area contributed by atoms with Gasteiger partial charge in [-0.15, -0.1) is 0 Å². The highest BCUT2D eigenvalue weighted by molar-refractivity contribution is 5.82. The summed E-state index contributed by atoms with van der Waals surface area (Å²) < 4.78 is 14.6. The summed E-state index contributed by atoms with van der Waals surface area (Å²) in [6.45, 7) is 1.88. The molecule has 0 aliphatic heterocycles. The number of aromatic nitrogens is 1. The lowest BCUT2D eigenvalue weighted by Crippen LogP contribution is -2.10. The molecule has 1 fully saturated rings. The van der Waals surface area contributed by atoms with E-state index in [1.165, 1.54) is 0 Å². The number of halogens is 1. The van der Waals surface area contributed by atoms with Crippen LogP contribution in [0.3, 0.4) is 0 Å². The molecule has 1 unspecified atom stereocenters. The molecule has 1 aliphatic rings. The summed E-state index contributed by atoms with van der Waals surface area (Å²) in [6, 6.07) is 5.36. The third-order valence-electron chi connectivity index (χ3n) is 3.89. The van der Waals surface area contributed by atoms with Crippen molar-refractivity contribution >= 4 is 16.9 Å². The molecule has 3 rings (SSSR count). The topological polar surface area (TPSA) is 53.1 Å². The van der Waals surface area contributed by atoms with Crippen molar-refractivity contribution in [3.63, 3.8) is 0 Å². The molecule has 19 heavy (non-hydrogen) atoms. The number of rotatable bonds is 4. The molecule has 0 radical (unpaired) electrons. The molecule has 0 amide bonds. The quantitative estimate of drug-likeness (QED) is 0.883. The lowest BCUT2D eigenvalue weighted by Gasteiger charge is -2.15. The highest BCUT2D eigenvalue weighted by Gasteiger charge is 2.35. The Morgan fingerprint density at radius 3 is 2.89 bits per heavy atom. The van der Waals surface area contributed by atoms with E-state index >= 15 is 0 Å². The maximum Gasteiger partial charge on any atom is 0.303 e. The average molecular weight is 261 g/mol. The summed E-state index contributed by atoms with van der Waals surface area (Å²) in [7, 11) is 0. The Morgan fingerprint density at radius 1 is 1.53 bits per heavy atom. The molecule has 100 valence electrons. The van der Waals surface area contributed by atoms with Crippen LogP contribution in [0.4, 0.5) is 4.39 Å². The van der Waals surface area contributed by atoms with Crippen molar-refractivity contribution in [3.05, 3.63) is 35.3 Å². The van der Waals surface area contributed by atoms with E-state index in [9.17, 15) is 9.18 Å². The highest BCUT2D eigenvalue weighted by atomic mass is 19.1. The maximum atomic E-state index is 14.6. The molecule has 1 atom stereocenters. The number of carbonyl (C=O) groups is 1. The molecule has 1 aliphatic carbocycles. The fourth-order valence-corrected chi connectivity index (χ4v) is 2.83. The largest absolute Gasteiger partial charge is 0.481 e. The van der Waals surface area contributed by atoms with Gasteiger partial charge < -0.3 is 10.1 Å². The van der Waals surface area contributed by atoms with E-state index in [1.807, 2.05) is 13.0 Å². The Bertz CT molecular complexity index is 643. The Labute approximate surface area is 110 Å². The minimum absolute atomic E-state index is 0.0104. The van der Waals surface area contributed by atoms with Crippen LogP contribution in [0.15, 0.2) is 18.2 Å². The summed E-state index contributed by atoms with van der Waals surface area (Å²) >= 11 is 0. The van der Waals surface area contributed by atoms with Crippen LogP contribution >= 0.6 is 0 Å². The first-order chi connectivity index (χ1) is 9.06. The van der Waals surface area contributed by atoms with E-state index in [-0.39, 0.29) is 18.2 Å². The fraction of sp³-hybridized carbons (Fsp3) is 0.400. The second kappa shape index (κ2) is 4.37. The molecule has 4 heteroatoms. The van der Waals surface area contributed by atoms with E-state index in [0.717, 1.165) is 24.1 Å². The number of carboxylic acids is 1. The van der Waals surface area contributed by atoms with E-state index in [4.69, 9.17) is 5.11 Å². The summed E-state index contributed by atoms with van der Waals surface area (Å²) in [4.78, 5) is 14.1. The average Bonchev–Trinajstić information content (AvgIpc) is 3.10. The van der Waals surface area contributed by atoms with Crippen molar-refractivity contribution in [2.75, 3.05) is 0 Å². The van der Waals surface area contributed by atoms with Crippen LogP contribution in [0.25, 0.3) is 10.9 Å². The number of carboxylic acid groups (broad SMARTS) is 1. The van der Waals surface area contributed by atoms with Crippen LogP contribution in [-0.4, -0.2) is 16.1 Å². The minimum Gasteiger partial charge on any atom is -0.481 e. The Hall–Kier alpha value is -1.84. The van der Waals surface area contributed by atoms with Gasteiger partial charge in [0.25, 0.3) is 0 Å². The predicted octanol–water partition coefficient (Wildman–Crippen LogP) is 3.58. The van der Waals surface area contributed by atoms with Crippen LogP contribution in [-0.2, 0) is 4.79 Å². The van der Waals surface area contributed by atoms with Crippen LogP contribution < -0.4 is 0 Å². The predicted molar refractivity (Wildman–Crippen MR) is 70.7 cm³/mol. The lowest BCUT2D eigenvalue weighted by atomic mass is 9.90. The molecule has 1 aromatic heterocycles. The maximum absolute atomic E-state index is 14.6. The minimum atomic E-state index is -0.860. The van der Waals surface area contributed by atoms with Crippen molar-refractivity contribution in [1.29, 1.82) is 0 Å². The van der Waals surface area contributed by atoms with Gasteiger partial charge in [0.15, 0.2) is 0 Å². The molecule has 2 N–H and O–H groups in total. The molecular formula is C15H16FNO2. The molecule has 0 bridgehead atoms. The van der Waals surface area contributed by atoms with Gasteiger partial charge in [0, 0.05) is 22.5 Å². The smallest absolute Gasteiger partial charge is 0.303 e. The number of fused-ring (bicyclic) bond motifs is 1. The summed E-state index contributed by atoms with van der Waals surface area (Å²) in [6.07, 6.45) is 2.01. The highest BCUT2D eigenvalue weighted by Crippen LogP contribution is 2.45. The zero-order chi connectivity index (χ0) is 13.6. The van der Waals surface area contributed by atoms with Gasteiger partial charge in [-0.1, -0.05) is 6.07 Å². The zero-order valence-corrected chi connectivity index (χ0v) is 10.7. The number of nitrogens with one attached hydrogen (secondary N) is 1. The molecule has 2 aromatic rings.